The highest BCUT2D eigenvalue weighted by molar-refractivity contribution is 5.46. The lowest BCUT2D eigenvalue weighted by Crippen LogP contribution is -1.94. The molecule has 3 N–H and O–H groups in total. The van der Waals surface area contributed by atoms with Crippen molar-refractivity contribution in [2.45, 2.75) is 6.42 Å². The molecule has 2 rings (SSSR count). The lowest BCUT2D eigenvalue weighted by atomic mass is 10.0. The van der Waals surface area contributed by atoms with Gasteiger partial charge in [-0.2, -0.15) is 0 Å². The van der Waals surface area contributed by atoms with Gasteiger partial charge in [0.25, 0.3) is 0 Å². The van der Waals surface area contributed by atoms with E-state index in [9.17, 15) is 5.11 Å². The molecule has 2 aromatic rings. The van der Waals surface area contributed by atoms with Crippen LogP contribution in [0.3, 0.4) is 0 Å². The third-order valence-corrected chi connectivity index (χ3v) is 2.55. The predicted molar refractivity (Wildman–Crippen MR) is 67.5 cm³/mol. The Morgan fingerprint density at radius 2 is 1.71 bits per heavy atom. The van der Waals surface area contributed by atoms with E-state index in [1.807, 2.05) is 36.4 Å². The van der Waals surface area contributed by atoms with E-state index in [1.54, 1.807) is 19.2 Å². The summed E-state index contributed by atoms with van der Waals surface area (Å²) in [5.74, 6) is 1.01. The van der Waals surface area contributed by atoms with Crippen molar-refractivity contribution < 1.29 is 15.3 Å². The number of methoxy groups -OCH3 is 1. The minimum atomic E-state index is 0. The van der Waals surface area contributed by atoms with Gasteiger partial charge in [0.2, 0.25) is 0 Å². The fourth-order valence-corrected chi connectivity index (χ4v) is 1.72. The highest BCUT2D eigenvalue weighted by atomic mass is 16.5. The summed E-state index contributed by atoms with van der Waals surface area (Å²) in [5, 5.41) is 9.80. The lowest BCUT2D eigenvalue weighted by Gasteiger charge is -2.10. The normalized spacial score (nSPS) is 9.47. The van der Waals surface area contributed by atoms with Gasteiger partial charge in [-0.25, -0.2) is 0 Å². The van der Waals surface area contributed by atoms with Crippen LogP contribution in [-0.2, 0) is 6.42 Å². The number of aromatic hydroxyl groups is 1. The largest absolute Gasteiger partial charge is 0.508 e. The summed E-state index contributed by atoms with van der Waals surface area (Å²) in [6, 6.07) is 15.3. The van der Waals surface area contributed by atoms with Crippen LogP contribution in [0.5, 0.6) is 11.5 Å². The molecule has 0 fully saturated rings. The zero-order valence-electron chi connectivity index (χ0n) is 9.68. The van der Waals surface area contributed by atoms with Crippen molar-refractivity contribution in [1.29, 1.82) is 0 Å². The van der Waals surface area contributed by atoms with Crippen molar-refractivity contribution in [2.75, 3.05) is 7.11 Å². The standard InChI is InChI=1S/C14H14O2.H2O/c1-16-14-9-5-8-13(15)12(14)10-11-6-3-2-4-7-11;/h2-9,15H,10H2,1H3;1H2. The SMILES string of the molecule is COc1cccc(O)c1Cc1ccccc1.O. The van der Waals surface area contributed by atoms with Crippen molar-refractivity contribution in [3.8, 4) is 11.5 Å². The summed E-state index contributed by atoms with van der Waals surface area (Å²) in [6.07, 6.45) is 0.677. The summed E-state index contributed by atoms with van der Waals surface area (Å²) in [5.41, 5.74) is 1.98. The van der Waals surface area contributed by atoms with Gasteiger partial charge in [0.1, 0.15) is 11.5 Å². The van der Waals surface area contributed by atoms with E-state index < -0.39 is 0 Å². The molecule has 17 heavy (non-hydrogen) atoms. The molecule has 90 valence electrons. The van der Waals surface area contributed by atoms with Gasteiger partial charge in [0.15, 0.2) is 0 Å². The molecule has 0 unspecified atom stereocenters. The number of rotatable bonds is 3. The number of hydrogen-bond acceptors (Lipinski definition) is 2. The fraction of sp³-hybridized carbons (Fsp3) is 0.143. The second kappa shape index (κ2) is 5.92. The maximum Gasteiger partial charge on any atom is 0.126 e. The van der Waals surface area contributed by atoms with Crippen LogP contribution in [0.25, 0.3) is 0 Å². The molecule has 0 heterocycles. The molecule has 0 bridgehead atoms. The first kappa shape index (κ1) is 13.1. The van der Waals surface area contributed by atoms with Crippen molar-refractivity contribution in [2.24, 2.45) is 0 Å². The van der Waals surface area contributed by atoms with E-state index in [1.165, 1.54) is 0 Å². The first-order valence-corrected chi connectivity index (χ1v) is 5.20. The zero-order valence-corrected chi connectivity index (χ0v) is 9.68. The van der Waals surface area contributed by atoms with E-state index in [4.69, 9.17) is 4.74 Å². The second-order valence-corrected chi connectivity index (χ2v) is 3.62. The van der Waals surface area contributed by atoms with Crippen molar-refractivity contribution in [1.82, 2.24) is 0 Å². The van der Waals surface area contributed by atoms with Crippen molar-refractivity contribution in [3.63, 3.8) is 0 Å². The fourth-order valence-electron chi connectivity index (χ4n) is 1.72. The molecule has 0 saturated carbocycles. The maximum atomic E-state index is 9.80. The summed E-state index contributed by atoms with van der Waals surface area (Å²) < 4.78 is 5.24. The smallest absolute Gasteiger partial charge is 0.126 e. The molecule has 0 saturated heterocycles. The summed E-state index contributed by atoms with van der Waals surface area (Å²) in [6.45, 7) is 0. The van der Waals surface area contributed by atoms with Crippen LogP contribution in [0.2, 0.25) is 0 Å². The summed E-state index contributed by atoms with van der Waals surface area (Å²) in [7, 11) is 1.61. The monoisotopic (exact) mass is 232 g/mol. The molecular formula is C14H16O3. The highest BCUT2D eigenvalue weighted by Gasteiger charge is 2.08. The molecule has 0 aliphatic rings. The number of hydrogen-bond donors (Lipinski definition) is 1. The van der Waals surface area contributed by atoms with Gasteiger partial charge in [0.05, 0.1) is 7.11 Å². The number of benzene rings is 2. The topological polar surface area (TPSA) is 61.0 Å². The quantitative estimate of drug-likeness (QED) is 0.881. The minimum Gasteiger partial charge on any atom is -0.508 e. The Labute approximate surface area is 101 Å². The van der Waals surface area contributed by atoms with Gasteiger partial charge >= 0.3 is 0 Å². The molecule has 0 radical (unpaired) electrons. The van der Waals surface area contributed by atoms with E-state index in [2.05, 4.69) is 0 Å². The van der Waals surface area contributed by atoms with Crippen molar-refractivity contribution in [3.05, 3.63) is 59.7 Å². The van der Waals surface area contributed by atoms with Gasteiger partial charge in [0, 0.05) is 12.0 Å². The van der Waals surface area contributed by atoms with E-state index in [0.29, 0.717) is 6.42 Å². The molecule has 0 aliphatic carbocycles. The molecule has 0 aliphatic heterocycles. The second-order valence-electron chi connectivity index (χ2n) is 3.62. The average molecular weight is 232 g/mol. The summed E-state index contributed by atoms with van der Waals surface area (Å²) in [4.78, 5) is 0. The molecule has 0 amide bonds. The molecule has 3 heteroatoms. The Balaban J connectivity index is 0.00000144. The van der Waals surface area contributed by atoms with Crippen LogP contribution in [0.15, 0.2) is 48.5 Å². The third-order valence-electron chi connectivity index (χ3n) is 2.55. The molecule has 0 spiro atoms. The number of phenolic OH excluding ortho intramolecular Hbond substituents is 1. The molecule has 3 nitrogen and oxygen atoms in total. The Morgan fingerprint density at radius 1 is 1.00 bits per heavy atom. The molecule has 0 aromatic heterocycles. The van der Waals surface area contributed by atoms with Gasteiger partial charge in [-0.1, -0.05) is 36.4 Å². The minimum absolute atomic E-state index is 0. The first-order chi connectivity index (χ1) is 7.81. The third kappa shape index (κ3) is 2.98. The van der Waals surface area contributed by atoms with E-state index in [0.717, 1.165) is 16.9 Å². The Bertz CT molecular complexity index is 466. The first-order valence-electron chi connectivity index (χ1n) is 5.20. The summed E-state index contributed by atoms with van der Waals surface area (Å²) >= 11 is 0. The van der Waals surface area contributed by atoms with Crippen LogP contribution in [0, 0.1) is 0 Å². The van der Waals surface area contributed by atoms with Gasteiger partial charge in [-0.3, -0.25) is 0 Å². The highest BCUT2D eigenvalue weighted by Crippen LogP contribution is 2.29. The van der Waals surface area contributed by atoms with E-state index in [-0.39, 0.29) is 11.2 Å². The molecular weight excluding hydrogens is 216 g/mol. The Kier molecular flexibility index (Phi) is 4.55. The molecule has 0 atom stereocenters. The van der Waals surface area contributed by atoms with Gasteiger partial charge in [-0.05, 0) is 17.7 Å². The van der Waals surface area contributed by atoms with Crippen LogP contribution in [0.1, 0.15) is 11.1 Å². The maximum absolute atomic E-state index is 9.80. The number of ether oxygens (including phenoxy) is 1. The van der Waals surface area contributed by atoms with Gasteiger partial charge < -0.3 is 15.3 Å². The Hall–Kier alpha value is -2.00. The van der Waals surface area contributed by atoms with Crippen LogP contribution in [-0.4, -0.2) is 17.7 Å². The van der Waals surface area contributed by atoms with Crippen molar-refractivity contribution >= 4 is 0 Å². The van der Waals surface area contributed by atoms with Crippen LogP contribution in [0.4, 0.5) is 0 Å². The van der Waals surface area contributed by atoms with Gasteiger partial charge in [-0.15, -0.1) is 0 Å². The number of phenols is 1. The zero-order chi connectivity index (χ0) is 11.4. The Morgan fingerprint density at radius 3 is 2.35 bits per heavy atom. The lowest BCUT2D eigenvalue weighted by molar-refractivity contribution is 0.401. The van der Waals surface area contributed by atoms with E-state index >= 15 is 0 Å². The van der Waals surface area contributed by atoms with Crippen LogP contribution < -0.4 is 4.74 Å². The molecule has 2 aromatic carbocycles. The van der Waals surface area contributed by atoms with Crippen LogP contribution >= 0.6 is 0 Å². The average Bonchev–Trinajstić information content (AvgIpc) is 2.33. The predicted octanol–water partition coefficient (Wildman–Crippen LogP) is 2.17.